The number of carbonyl (C=O) groups excluding carboxylic acids is 2. The van der Waals surface area contributed by atoms with Gasteiger partial charge in [-0.05, 0) is 50.6 Å². The zero-order chi connectivity index (χ0) is 22.5. The lowest BCUT2D eigenvalue weighted by atomic mass is 10.0. The Kier molecular flexibility index (Phi) is 7.75. The molecule has 1 aromatic heterocycles. The normalized spacial score (nSPS) is 16.2. The number of benzene rings is 1. The molecule has 3 rings (SSSR count). The number of aromatic amines is 1. The molecular formula is C23H30ClN3O4. The molecule has 1 N–H and O–H groups in total. The Morgan fingerprint density at radius 3 is 2.39 bits per heavy atom. The van der Waals surface area contributed by atoms with Gasteiger partial charge in [0.2, 0.25) is 0 Å². The van der Waals surface area contributed by atoms with Crippen LogP contribution in [-0.2, 0) is 4.74 Å². The summed E-state index contributed by atoms with van der Waals surface area (Å²) in [5.74, 6) is 0.382. The van der Waals surface area contributed by atoms with Gasteiger partial charge in [0.1, 0.15) is 12.4 Å². The van der Waals surface area contributed by atoms with Gasteiger partial charge in [-0.1, -0.05) is 11.6 Å². The molecule has 1 fully saturated rings. The van der Waals surface area contributed by atoms with Gasteiger partial charge >= 0.3 is 5.97 Å². The number of rotatable bonds is 8. The van der Waals surface area contributed by atoms with E-state index in [0.717, 1.165) is 38.5 Å². The molecule has 0 amide bonds. The van der Waals surface area contributed by atoms with Gasteiger partial charge < -0.3 is 14.5 Å². The lowest BCUT2D eigenvalue weighted by molar-refractivity contribution is 0.0599. The van der Waals surface area contributed by atoms with Crippen LogP contribution >= 0.6 is 11.6 Å². The van der Waals surface area contributed by atoms with E-state index in [2.05, 4.69) is 14.8 Å². The summed E-state index contributed by atoms with van der Waals surface area (Å²) < 4.78 is 10.6. The highest BCUT2D eigenvalue weighted by Gasteiger charge is 2.30. The third kappa shape index (κ3) is 5.47. The van der Waals surface area contributed by atoms with Gasteiger partial charge in [0, 0.05) is 43.4 Å². The van der Waals surface area contributed by atoms with Crippen LogP contribution in [-0.4, -0.2) is 79.0 Å². The first-order valence-electron chi connectivity index (χ1n) is 10.5. The standard InChI is InChI=1S/C23H30ClN3O4/c1-15-20(23(29)30-4)16(2)25-21(15)22(28)17(3)27-11-9-26(10-12-27)13-14-31-19-7-5-18(24)6-8-19/h5-8,17,25H,9-14H2,1-4H3. The molecule has 31 heavy (non-hydrogen) atoms. The molecule has 1 aromatic carbocycles. The van der Waals surface area contributed by atoms with E-state index in [9.17, 15) is 9.59 Å². The van der Waals surface area contributed by atoms with Crippen molar-refractivity contribution in [1.82, 2.24) is 14.8 Å². The summed E-state index contributed by atoms with van der Waals surface area (Å²) in [5.41, 5.74) is 2.25. The molecule has 0 radical (unpaired) electrons. The zero-order valence-electron chi connectivity index (χ0n) is 18.5. The maximum atomic E-state index is 13.1. The van der Waals surface area contributed by atoms with Crippen LogP contribution in [0, 0.1) is 13.8 Å². The van der Waals surface area contributed by atoms with Gasteiger partial charge in [-0.2, -0.15) is 0 Å². The van der Waals surface area contributed by atoms with Crippen LogP contribution < -0.4 is 4.74 Å². The first-order chi connectivity index (χ1) is 14.8. The highest BCUT2D eigenvalue weighted by Crippen LogP contribution is 2.22. The Morgan fingerprint density at radius 1 is 1.13 bits per heavy atom. The van der Waals surface area contributed by atoms with E-state index in [1.807, 2.05) is 31.2 Å². The van der Waals surface area contributed by atoms with Crippen LogP contribution in [0.25, 0.3) is 0 Å². The van der Waals surface area contributed by atoms with Gasteiger partial charge in [-0.15, -0.1) is 0 Å². The first kappa shape index (κ1) is 23.3. The van der Waals surface area contributed by atoms with Crippen molar-refractivity contribution in [1.29, 1.82) is 0 Å². The molecule has 1 saturated heterocycles. The molecule has 168 valence electrons. The van der Waals surface area contributed by atoms with Crippen molar-refractivity contribution in [2.24, 2.45) is 0 Å². The van der Waals surface area contributed by atoms with Gasteiger partial charge in [0.05, 0.1) is 24.4 Å². The van der Waals surface area contributed by atoms with E-state index in [4.69, 9.17) is 21.1 Å². The number of H-pyrrole nitrogens is 1. The minimum atomic E-state index is -0.424. The maximum absolute atomic E-state index is 13.1. The second kappa shape index (κ2) is 10.3. The number of halogens is 1. The number of hydrogen-bond donors (Lipinski definition) is 1. The molecule has 1 atom stereocenters. The minimum Gasteiger partial charge on any atom is -0.492 e. The van der Waals surface area contributed by atoms with E-state index in [1.54, 1.807) is 13.8 Å². The van der Waals surface area contributed by atoms with E-state index in [0.29, 0.717) is 34.1 Å². The largest absolute Gasteiger partial charge is 0.492 e. The summed E-state index contributed by atoms with van der Waals surface area (Å²) >= 11 is 5.89. The molecule has 1 aliphatic heterocycles. The Balaban J connectivity index is 1.50. The van der Waals surface area contributed by atoms with Crippen molar-refractivity contribution in [3.63, 3.8) is 0 Å². The van der Waals surface area contributed by atoms with Crippen LogP contribution in [0.5, 0.6) is 5.75 Å². The smallest absolute Gasteiger partial charge is 0.339 e. The number of aryl methyl sites for hydroxylation is 1. The lowest BCUT2D eigenvalue weighted by Crippen LogP contribution is -2.52. The van der Waals surface area contributed by atoms with Crippen molar-refractivity contribution in [3.8, 4) is 5.75 Å². The quantitative estimate of drug-likeness (QED) is 0.494. The van der Waals surface area contributed by atoms with Crippen LogP contribution in [0.4, 0.5) is 0 Å². The fourth-order valence-corrected chi connectivity index (χ4v) is 4.10. The molecule has 0 spiro atoms. The molecule has 0 bridgehead atoms. The van der Waals surface area contributed by atoms with E-state index in [-0.39, 0.29) is 11.8 Å². The predicted octanol–water partition coefficient (Wildman–Crippen LogP) is 3.34. The van der Waals surface area contributed by atoms with Crippen LogP contribution in [0.2, 0.25) is 5.02 Å². The van der Waals surface area contributed by atoms with Gasteiger partial charge in [0.25, 0.3) is 0 Å². The maximum Gasteiger partial charge on any atom is 0.339 e. The molecular weight excluding hydrogens is 418 g/mol. The molecule has 2 heterocycles. The summed E-state index contributed by atoms with van der Waals surface area (Å²) in [6, 6.07) is 7.09. The number of esters is 1. The molecule has 8 heteroatoms. The summed E-state index contributed by atoms with van der Waals surface area (Å²) in [6.45, 7) is 10.3. The minimum absolute atomic E-state index is 0.00438. The fourth-order valence-electron chi connectivity index (χ4n) is 3.98. The lowest BCUT2D eigenvalue weighted by Gasteiger charge is -2.37. The predicted molar refractivity (Wildman–Crippen MR) is 120 cm³/mol. The molecule has 0 saturated carbocycles. The molecule has 7 nitrogen and oxygen atoms in total. The number of nitrogens with one attached hydrogen (secondary N) is 1. The molecule has 1 unspecified atom stereocenters. The van der Waals surface area contributed by atoms with Crippen LogP contribution in [0.1, 0.15) is 39.0 Å². The van der Waals surface area contributed by atoms with Crippen molar-refractivity contribution in [3.05, 3.63) is 51.8 Å². The fraction of sp³-hybridized carbons (Fsp3) is 0.478. The third-order valence-corrected chi connectivity index (χ3v) is 6.15. The second-order valence-electron chi connectivity index (χ2n) is 7.84. The SMILES string of the molecule is COC(=O)c1c(C)[nH]c(C(=O)C(C)N2CCN(CCOc3ccc(Cl)cc3)CC2)c1C. The van der Waals surface area contributed by atoms with E-state index in [1.165, 1.54) is 7.11 Å². The van der Waals surface area contributed by atoms with Crippen molar-refractivity contribution in [2.45, 2.75) is 26.8 Å². The van der Waals surface area contributed by atoms with E-state index < -0.39 is 5.97 Å². The highest BCUT2D eigenvalue weighted by molar-refractivity contribution is 6.30. The van der Waals surface area contributed by atoms with Crippen LogP contribution in [0.3, 0.4) is 0 Å². The highest BCUT2D eigenvalue weighted by atomic mass is 35.5. The Hall–Kier alpha value is -2.35. The molecule has 0 aliphatic carbocycles. The third-order valence-electron chi connectivity index (χ3n) is 5.90. The van der Waals surface area contributed by atoms with E-state index >= 15 is 0 Å². The number of hydrogen-bond acceptors (Lipinski definition) is 6. The van der Waals surface area contributed by atoms with Crippen molar-refractivity contribution < 1.29 is 19.1 Å². The number of methoxy groups -OCH3 is 1. The summed E-state index contributed by atoms with van der Waals surface area (Å²) in [5, 5.41) is 0.693. The topological polar surface area (TPSA) is 74.9 Å². The number of carbonyl (C=O) groups is 2. The number of aromatic nitrogens is 1. The molecule has 2 aromatic rings. The summed E-state index contributed by atoms with van der Waals surface area (Å²) in [7, 11) is 1.35. The monoisotopic (exact) mass is 447 g/mol. The average molecular weight is 448 g/mol. The Labute approximate surface area is 188 Å². The summed E-state index contributed by atoms with van der Waals surface area (Å²) in [4.78, 5) is 32.7. The number of ketones is 1. The number of ether oxygens (including phenoxy) is 2. The second-order valence-corrected chi connectivity index (χ2v) is 8.27. The zero-order valence-corrected chi connectivity index (χ0v) is 19.3. The first-order valence-corrected chi connectivity index (χ1v) is 10.9. The Bertz CT molecular complexity index is 918. The van der Waals surface area contributed by atoms with Gasteiger partial charge in [-0.25, -0.2) is 4.79 Å². The number of piperazine rings is 1. The number of Topliss-reactive ketones (excluding diaryl/α,β-unsaturated/α-hetero) is 1. The van der Waals surface area contributed by atoms with Crippen molar-refractivity contribution >= 4 is 23.4 Å². The van der Waals surface area contributed by atoms with Crippen molar-refractivity contribution in [2.75, 3.05) is 46.4 Å². The Morgan fingerprint density at radius 2 is 1.77 bits per heavy atom. The van der Waals surface area contributed by atoms with Gasteiger partial charge in [0.15, 0.2) is 5.78 Å². The van der Waals surface area contributed by atoms with Crippen LogP contribution in [0.15, 0.2) is 24.3 Å². The summed E-state index contributed by atoms with van der Waals surface area (Å²) in [6.07, 6.45) is 0. The molecule has 1 aliphatic rings. The van der Waals surface area contributed by atoms with Gasteiger partial charge in [-0.3, -0.25) is 14.6 Å². The average Bonchev–Trinajstić information content (AvgIpc) is 3.08. The number of nitrogens with zero attached hydrogens (tertiary/aromatic N) is 2.